The first-order valence-electron chi connectivity index (χ1n) is 9.74. The fourth-order valence-corrected chi connectivity index (χ4v) is 3.06. The molecule has 0 fully saturated rings. The Morgan fingerprint density at radius 2 is 1.60 bits per heavy atom. The van der Waals surface area contributed by atoms with Crippen LogP contribution in [0.25, 0.3) is 11.8 Å². The van der Waals surface area contributed by atoms with Crippen molar-refractivity contribution in [2.75, 3.05) is 7.11 Å². The molecule has 2 aromatic carbocycles. The maximum Gasteiger partial charge on any atom is 0.354 e. The van der Waals surface area contributed by atoms with Crippen LogP contribution < -0.4 is 5.32 Å². The highest BCUT2D eigenvalue weighted by Gasteiger charge is 2.18. The molecule has 0 aliphatic heterocycles. The van der Waals surface area contributed by atoms with Gasteiger partial charge in [-0.2, -0.15) is 0 Å². The molecule has 0 radical (unpaired) electrons. The lowest BCUT2D eigenvalue weighted by molar-refractivity contribution is -0.136. The molecular weight excluding hydrogens is 376 g/mol. The van der Waals surface area contributed by atoms with E-state index in [1.807, 2.05) is 65.4 Å². The summed E-state index contributed by atoms with van der Waals surface area (Å²) in [5.41, 5.74) is 3.35. The van der Waals surface area contributed by atoms with Gasteiger partial charge in [-0.05, 0) is 53.5 Å². The van der Waals surface area contributed by atoms with Crippen molar-refractivity contribution < 1.29 is 14.3 Å². The molecule has 0 aliphatic rings. The number of nitrogens with one attached hydrogen (secondary N) is 1. The molecule has 0 bridgehead atoms. The molecule has 0 unspecified atom stereocenters. The van der Waals surface area contributed by atoms with Gasteiger partial charge in [0.25, 0.3) is 5.91 Å². The minimum atomic E-state index is -0.615. The van der Waals surface area contributed by atoms with Gasteiger partial charge in [-0.15, -0.1) is 0 Å². The summed E-state index contributed by atoms with van der Waals surface area (Å²) in [6.07, 6.45) is 3.50. The average molecular weight is 402 g/mol. The van der Waals surface area contributed by atoms with Gasteiger partial charge in [-0.3, -0.25) is 4.79 Å². The predicted molar refractivity (Wildman–Crippen MR) is 118 cm³/mol. The highest BCUT2D eigenvalue weighted by molar-refractivity contribution is 6.03. The molecule has 30 heavy (non-hydrogen) atoms. The van der Waals surface area contributed by atoms with Gasteiger partial charge < -0.3 is 14.6 Å². The fourth-order valence-electron chi connectivity index (χ4n) is 3.06. The number of benzene rings is 2. The largest absolute Gasteiger partial charge is 0.464 e. The molecule has 3 aromatic rings. The zero-order chi connectivity index (χ0) is 21.7. The van der Waals surface area contributed by atoms with Crippen LogP contribution in [-0.4, -0.2) is 23.6 Å². The number of carbonyl (C=O) groups excluding carboxylic acids is 2. The molecule has 0 saturated heterocycles. The van der Waals surface area contributed by atoms with Crippen molar-refractivity contribution in [3.05, 3.63) is 95.4 Å². The molecular formula is C25H26N2O3. The molecule has 3 rings (SSSR count). The number of amides is 1. The van der Waals surface area contributed by atoms with Gasteiger partial charge in [-0.1, -0.05) is 51.1 Å². The minimum absolute atomic E-state index is 0.00503. The summed E-state index contributed by atoms with van der Waals surface area (Å²) in [6.45, 7) is 6.34. The topological polar surface area (TPSA) is 60.3 Å². The van der Waals surface area contributed by atoms with Crippen molar-refractivity contribution >= 4 is 18.0 Å². The normalized spacial score (nSPS) is 11.8. The van der Waals surface area contributed by atoms with E-state index in [0.29, 0.717) is 5.56 Å². The first-order chi connectivity index (χ1) is 14.3. The summed E-state index contributed by atoms with van der Waals surface area (Å²) < 4.78 is 6.80. The van der Waals surface area contributed by atoms with Crippen LogP contribution in [0.1, 0.15) is 42.4 Å². The van der Waals surface area contributed by atoms with E-state index in [2.05, 4.69) is 26.1 Å². The Kier molecular flexibility index (Phi) is 6.21. The third-order valence-corrected chi connectivity index (χ3v) is 4.77. The van der Waals surface area contributed by atoms with Crippen molar-refractivity contribution in [2.45, 2.75) is 26.2 Å². The van der Waals surface area contributed by atoms with Gasteiger partial charge in [0, 0.05) is 23.1 Å². The van der Waals surface area contributed by atoms with E-state index >= 15 is 0 Å². The summed E-state index contributed by atoms with van der Waals surface area (Å²) in [5.74, 6) is -0.986. The van der Waals surface area contributed by atoms with E-state index in [4.69, 9.17) is 4.74 Å². The van der Waals surface area contributed by atoms with Gasteiger partial charge in [0.15, 0.2) is 0 Å². The number of nitrogens with zero attached hydrogens (tertiary/aromatic N) is 1. The van der Waals surface area contributed by atoms with Crippen molar-refractivity contribution in [3.8, 4) is 5.69 Å². The molecule has 1 amide bonds. The Morgan fingerprint density at radius 3 is 2.20 bits per heavy atom. The van der Waals surface area contributed by atoms with Crippen LogP contribution in [0, 0.1) is 0 Å². The second kappa shape index (κ2) is 8.82. The van der Waals surface area contributed by atoms with E-state index in [0.717, 1.165) is 16.9 Å². The second-order valence-corrected chi connectivity index (χ2v) is 7.97. The second-order valence-electron chi connectivity index (χ2n) is 7.97. The number of ether oxygens (including phenoxy) is 1. The van der Waals surface area contributed by atoms with Crippen molar-refractivity contribution in [3.63, 3.8) is 0 Å². The molecule has 1 heterocycles. The Balaban J connectivity index is 1.88. The third-order valence-electron chi connectivity index (χ3n) is 4.77. The van der Waals surface area contributed by atoms with Gasteiger partial charge in [-0.25, -0.2) is 4.79 Å². The van der Waals surface area contributed by atoms with Crippen LogP contribution in [0.3, 0.4) is 0 Å². The van der Waals surface area contributed by atoms with Gasteiger partial charge >= 0.3 is 5.97 Å². The van der Waals surface area contributed by atoms with Crippen molar-refractivity contribution in [1.82, 2.24) is 9.88 Å². The number of carbonyl (C=O) groups is 2. The Bertz CT molecular complexity index is 1060. The molecule has 5 heteroatoms. The smallest absolute Gasteiger partial charge is 0.354 e. The average Bonchev–Trinajstić information content (AvgIpc) is 3.21. The van der Waals surface area contributed by atoms with Crippen molar-refractivity contribution in [1.29, 1.82) is 0 Å². The van der Waals surface area contributed by atoms with E-state index in [1.54, 1.807) is 18.2 Å². The highest BCUT2D eigenvalue weighted by atomic mass is 16.5. The third kappa shape index (κ3) is 4.87. The Hall–Kier alpha value is -3.60. The number of esters is 1. The van der Waals surface area contributed by atoms with Crippen LogP contribution in [0.2, 0.25) is 0 Å². The summed E-state index contributed by atoms with van der Waals surface area (Å²) in [4.78, 5) is 25.1. The monoisotopic (exact) mass is 402 g/mol. The molecule has 5 nitrogen and oxygen atoms in total. The van der Waals surface area contributed by atoms with E-state index in [-0.39, 0.29) is 17.0 Å². The summed E-state index contributed by atoms with van der Waals surface area (Å²) in [6, 6.07) is 20.9. The number of para-hydroxylation sites is 1. The van der Waals surface area contributed by atoms with E-state index in [1.165, 1.54) is 7.11 Å². The number of rotatable bonds is 5. The molecule has 0 saturated carbocycles. The molecule has 1 N–H and O–H groups in total. The molecule has 0 spiro atoms. The predicted octanol–water partition coefficient (Wildman–Crippen LogP) is 4.72. The van der Waals surface area contributed by atoms with Crippen LogP contribution in [0.5, 0.6) is 0 Å². The summed E-state index contributed by atoms with van der Waals surface area (Å²) in [7, 11) is 1.29. The number of methoxy groups -OCH3 is 1. The van der Waals surface area contributed by atoms with Gasteiger partial charge in [0.1, 0.15) is 5.70 Å². The Labute approximate surface area is 177 Å². The van der Waals surface area contributed by atoms with Crippen LogP contribution in [0.15, 0.2) is 78.6 Å². The number of hydrogen-bond donors (Lipinski definition) is 1. The highest BCUT2D eigenvalue weighted by Crippen LogP contribution is 2.22. The lowest BCUT2D eigenvalue weighted by atomic mass is 9.87. The Morgan fingerprint density at radius 1 is 0.933 bits per heavy atom. The zero-order valence-corrected chi connectivity index (χ0v) is 17.7. The van der Waals surface area contributed by atoms with Crippen LogP contribution >= 0.6 is 0 Å². The fraction of sp³-hybridized carbons (Fsp3) is 0.200. The molecule has 0 aliphatic carbocycles. The zero-order valence-electron chi connectivity index (χ0n) is 17.7. The SMILES string of the molecule is COC(=O)C(=Cc1cccn1-c1ccccc1)NC(=O)c1ccc(C(C)(C)C)cc1. The van der Waals surface area contributed by atoms with E-state index in [9.17, 15) is 9.59 Å². The maximum absolute atomic E-state index is 12.8. The number of hydrogen-bond acceptors (Lipinski definition) is 3. The molecule has 154 valence electrons. The first kappa shape index (κ1) is 21.1. The van der Waals surface area contributed by atoms with Crippen LogP contribution in [-0.2, 0) is 14.9 Å². The quantitative estimate of drug-likeness (QED) is 0.496. The summed E-state index contributed by atoms with van der Waals surface area (Å²) >= 11 is 0. The minimum Gasteiger partial charge on any atom is -0.464 e. The van der Waals surface area contributed by atoms with E-state index < -0.39 is 5.97 Å². The molecule has 1 aromatic heterocycles. The summed E-state index contributed by atoms with van der Waals surface area (Å²) in [5, 5.41) is 2.69. The first-order valence-corrected chi connectivity index (χ1v) is 9.74. The lowest BCUT2D eigenvalue weighted by Gasteiger charge is -2.19. The van der Waals surface area contributed by atoms with Gasteiger partial charge in [0.2, 0.25) is 0 Å². The standard InChI is InChI=1S/C25H26N2O3/c1-25(2,3)19-14-12-18(13-15-19)23(28)26-22(24(29)30-4)17-21-11-8-16-27(21)20-9-6-5-7-10-20/h5-17H,1-4H3,(H,26,28). The number of aromatic nitrogens is 1. The van der Waals surface area contributed by atoms with Gasteiger partial charge in [0.05, 0.1) is 7.11 Å². The van der Waals surface area contributed by atoms with Crippen molar-refractivity contribution in [2.24, 2.45) is 0 Å². The van der Waals surface area contributed by atoms with Crippen LogP contribution in [0.4, 0.5) is 0 Å². The maximum atomic E-state index is 12.8. The lowest BCUT2D eigenvalue weighted by Crippen LogP contribution is -2.28. The molecule has 0 atom stereocenters.